The number of hydrogen-bond donors (Lipinski definition) is 0. The SMILES string of the molecule is COc1cccc(C(=O)N2CCCN(C)c3ccccc32)c1. The van der Waals surface area contributed by atoms with Crippen molar-refractivity contribution in [3.8, 4) is 5.75 Å². The van der Waals surface area contributed by atoms with Crippen LogP contribution in [0.2, 0.25) is 0 Å². The lowest BCUT2D eigenvalue weighted by Crippen LogP contribution is -2.31. The topological polar surface area (TPSA) is 32.8 Å². The van der Waals surface area contributed by atoms with Gasteiger partial charge in [-0.05, 0) is 36.8 Å². The van der Waals surface area contributed by atoms with Crippen molar-refractivity contribution < 1.29 is 9.53 Å². The van der Waals surface area contributed by atoms with Gasteiger partial charge in [0.25, 0.3) is 5.91 Å². The van der Waals surface area contributed by atoms with Crippen LogP contribution in [-0.2, 0) is 0 Å². The number of fused-ring (bicyclic) bond motifs is 1. The molecule has 0 bridgehead atoms. The highest BCUT2D eigenvalue weighted by Crippen LogP contribution is 2.32. The number of anilines is 2. The van der Waals surface area contributed by atoms with E-state index in [2.05, 4.69) is 18.0 Å². The Morgan fingerprint density at radius 1 is 1.05 bits per heavy atom. The highest BCUT2D eigenvalue weighted by atomic mass is 16.5. The summed E-state index contributed by atoms with van der Waals surface area (Å²) in [4.78, 5) is 17.0. The quantitative estimate of drug-likeness (QED) is 0.853. The van der Waals surface area contributed by atoms with E-state index in [4.69, 9.17) is 4.74 Å². The zero-order valence-corrected chi connectivity index (χ0v) is 13.0. The molecule has 2 aromatic rings. The Balaban J connectivity index is 1.99. The van der Waals surface area contributed by atoms with Gasteiger partial charge in [-0.15, -0.1) is 0 Å². The standard InChI is InChI=1S/C18H20N2O2/c1-19-11-6-12-20(17-10-4-3-9-16(17)19)18(21)14-7-5-8-15(13-14)22-2/h3-5,7-10,13H,6,11-12H2,1-2H3. The van der Waals surface area contributed by atoms with Crippen LogP contribution in [-0.4, -0.2) is 33.2 Å². The van der Waals surface area contributed by atoms with E-state index in [1.807, 2.05) is 41.3 Å². The predicted octanol–water partition coefficient (Wildman–Crippen LogP) is 3.18. The summed E-state index contributed by atoms with van der Waals surface area (Å²) in [7, 11) is 3.68. The first-order valence-corrected chi connectivity index (χ1v) is 7.47. The molecular weight excluding hydrogens is 276 g/mol. The molecule has 0 fully saturated rings. The average molecular weight is 296 g/mol. The molecule has 22 heavy (non-hydrogen) atoms. The van der Waals surface area contributed by atoms with Crippen LogP contribution in [0, 0.1) is 0 Å². The maximum Gasteiger partial charge on any atom is 0.258 e. The van der Waals surface area contributed by atoms with E-state index < -0.39 is 0 Å². The Kier molecular flexibility index (Phi) is 4.00. The molecule has 0 atom stereocenters. The number of nitrogens with zero attached hydrogens (tertiary/aromatic N) is 2. The molecule has 4 nitrogen and oxygen atoms in total. The summed E-state index contributed by atoms with van der Waals surface area (Å²) in [6, 6.07) is 15.4. The van der Waals surface area contributed by atoms with E-state index >= 15 is 0 Å². The summed E-state index contributed by atoms with van der Waals surface area (Å²) in [5.74, 6) is 0.715. The molecule has 3 rings (SSSR count). The normalized spacial score (nSPS) is 14.3. The largest absolute Gasteiger partial charge is 0.497 e. The Bertz CT molecular complexity index is 684. The Morgan fingerprint density at radius 2 is 1.82 bits per heavy atom. The molecule has 1 amide bonds. The second kappa shape index (κ2) is 6.10. The summed E-state index contributed by atoms with van der Waals surface area (Å²) < 4.78 is 5.22. The lowest BCUT2D eigenvalue weighted by molar-refractivity contribution is 0.0987. The van der Waals surface area contributed by atoms with Gasteiger partial charge in [-0.2, -0.15) is 0 Å². The van der Waals surface area contributed by atoms with Gasteiger partial charge >= 0.3 is 0 Å². The fraction of sp³-hybridized carbons (Fsp3) is 0.278. The molecule has 0 saturated carbocycles. The highest BCUT2D eigenvalue weighted by Gasteiger charge is 2.24. The van der Waals surface area contributed by atoms with Crippen molar-refractivity contribution >= 4 is 17.3 Å². The van der Waals surface area contributed by atoms with E-state index in [9.17, 15) is 4.79 Å². The maximum absolute atomic E-state index is 12.9. The second-order valence-corrected chi connectivity index (χ2v) is 5.45. The predicted molar refractivity (Wildman–Crippen MR) is 89.0 cm³/mol. The molecule has 2 aromatic carbocycles. The van der Waals surface area contributed by atoms with Crippen LogP contribution < -0.4 is 14.5 Å². The monoisotopic (exact) mass is 296 g/mol. The van der Waals surface area contributed by atoms with Gasteiger partial charge in [0, 0.05) is 25.7 Å². The fourth-order valence-corrected chi connectivity index (χ4v) is 2.84. The number of para-hydroxylation sites is 2. The fourth-order valence-electron chi connectivity index (χ4n) is 2.84. The molecule has 4 heteroatoms. The molecular formula is C18H20N2O2. The van der Waals surface area contributed by atoms with Gasteiger partial charge in [0.05, 0.1) is 18.5 Å². The molecule has 1 aliphatic heterocycles. The van der Waals surface area contributed by atoms with Gasteiger partial charge in [0.1, 0.15) is 5.75 Å². The minimum absolute atomic E-state index is 0.0154. The summed E-state index contributed by atoms with van der Waals surface area (Å²) in [6.45, 7) is 1.66. The van der Waals surface area contributed by atoms with E-state index in [1.54, 1.807) is 13.2 Å². The van der Waals surface area contributed by atoms with Crippen LogP contribution in [0.3, 0.4) is 0 Å². The minimum atomic E-state index is 0.0154. The number of rotatable bonds is 2. The summed E-state index contributed by atoms with van der Waals surface area (Å²) in [6.07, 6.45) is 0.945. The Labute approximate surface area is 130 Å². The third kappa shape index (κ3) is 2.64. The molecule has 0 N–H and O–H groups in total. The van der Waals surface area contributed by atoms with Crippen LogP contribution in [0.4, 0.5) is 11.4 Å². The Morgan fingerprint density at radius 3 is 2.59 bits per heavy atom. The number of methoxy groups -OCH3 is 1. The minimum Gasteiger partial charge on any atom is -0.497 e. The van der Waals surface area contributed by atoms with Gasteiger partial charge in [-0.1, -0.05) is 18.2 Å². The van der Waals surface area contributed by atoms with Crippen molar-refractivity contribution in [1.29, 1.82) is 0 Å². The number of hydrogen-bond acceptors (Lipinski definition) is 3. The van der Waals surface area contributed by atoms with Crippen molar-refractivity contribution in [2.75, 3.05) is 37.0 Å². The van der Waals surface area contributed by atoms with Crippen molar-refractivity contribution in [3.63, 3.8) is 0 Å². The first-order valence-electron chi connectivity index (χ1n) is 7.47. The third-order valence-corrected chi connectivity index (χ3v) is 4.02. The summed E-state index contributed by atoms with van der Waals surface area (Å²) in [5, 5.41) is 0. The highest BCUT2D eigenvalue weighted by molar-refractivity contribution is 6.08. The zero-order chi connectivity index (χ0) is 15.5. The van der Waals surface area contributed by atoms with Gasteiger partial charge in [-0.25, -0.2) is 0 Å². The molecule has 0 unspecified atom stereocenters. The molecule has 1 heterocycles. The van der Waals surface area contributed by atoms with E-state index in [-0.39, 0.29) is 5.91 Å². The third-order valence-electron chi connectivity index (χ3n) is 4.02. The molecule has 0 aliphatic carbocycles. The van der Waals surface area contributed by atoms with Crippen molar-refractivity contribution in [3.05, 3.63) is 54.1 Å². The van der Waals surface area contributed by atoms with Crippen LogP contribution >= 0.6 is 0 Å². The molecule has 114 valence electrons. The average Bonchev–Trinajstić information content (AvgIpc) is 2.74. The maximum atomic E-state index is 12.9. The second-order valence-electron chi connectivity index (χ2n) is 5.45. The molecule has 0 spiro atoms. The number of ether oxygens (including phenoxy) is 1. The van der Waals surface area contributed by atoms with Crippen molar-refractivity contribution in [2.45, 2.75) is 6.42 Å². The van der Waals surface area contributed by atoms with E-state index in [0.717, 1.165) is 30.9 Å². The van der Waals surface area contributed by atoms with Gasteiger partial charge in [0.2, 0.25) is 0 Å². The number of carbonyl (C=O) groups is 1. The van der Waals surface area contributed by atoms with Gasteiger partial charge in [0.15, 0.2) is 0 Å². The molecule has 0 aromatic heterocycles. The lowest BCUT2D eigenvalue weighted by Gasteiger charge is -2.24. The number of amides is 1. The smallest absolute Gasteiger partial charge is 0.258 e. The van der Waals surface area contributed by atoms with Crippen LogP contribution in [0.1, 0.15) is 16.8 Å². The van der Waals surface area contributed by atoms with Crippen LogP contribution in [0.15, 0.2) is 48.5 Å². The lowest BCUT2D eigenvalue weighted by atomic mass is 10.1. The number of carbonyl (C=O) groups excluding carboxylic acids is 1. The van der Waals surface area contributed by atoms with E-state index in [1.165, 1.54) is 0 Å². The van der Waals surface area contributed by atoms with Crippen molar-refractivity contribution in [2.24, 2.45) is 0 Å². The van der Waals surface area contributed by atoms with Gasteiger partial charge in [-0.3, -0.25) is 4.79 Å². The first-order chi connectivity index (χ1) is 10.7. The molecule has 1 aliphatic rings. The van der Waals surface area contributed by atoms with E-state index in [0.29, 0.717) is 11.3 Å². The van der Waals surface area contributed by atoms with Crippen LogP contribution in [0.5, 0.6) is 5.75 Å². The zero-order valence-electron chi connectivity index (χ0n) is 13.0. The van der Waals surface area contributed by atoms with Gasteiger partial charge < -0.3 is 14.5 Å². The molecule has 0 radical (unpaired) electrons. The Hall–Kier alpha value is -2.49. The number of benzene rings is 2. The summed E-state index contributed by atoms with van der Waals surface area (Å²) in [5.41, 5.74) is 2.71. The van der Waals surface area contributed by atoms with Crippen LogP contribution in [0.25, 0.3) is 0 Å². The summed E-state index contributed by atoms with van der Waals surface area (Å²) >= 11 is 0. The van der Waals surface area contributed by atoms with Crippen molar-refractivity contribution in [1.82, 2.24) is 0 Å². The first kappa shape index (κ1) is 14.4. The molecule has 0 saturated heterocycles.